The standard InChI is InChI=1S/C13H21NO3S/c1-5-10-6-7-11(14-9-10)8-12(15)13(2,3)18(4,16)17/h6-7,9,12,15H,5,8H2,1-4H3. The van der Waals surface area contributed by atoms with Gasteiger partial charge >= 0.3 is 0 Å². The third-order valence-electron chi connectivity index (χ3n) is 3.45. The van der Waals surface area contributed by atoms with E-state index < -0.39 is 20.7 Å². The number of aliphatic hydroxyl groups excluding tert-OH is 1. The molecule has 1 atom stereocenters. The lowest BCUT2D eigenvalue weighted by Gasteiger charge is -2.28. The van der Waals surface area contributed by atoms with E-state index in [1.165, 1.54) is 13.8 Å². The van der Waals surface area contributed by atoms with Crippen molar-refractivity contribution in [1.29, 1.82) is 0 Å². The molecule has 0 saturated carbocycles. The monoisotopic (exact) mass is 271 g/mol. The van der Waals surface area contributed by atoms with Crippen LogP contribution in [-0.2, 0) is 22.7 Å². The van der Waals surface area contributed by atoms with E-state index in [-0.39, 0.29) is 6.42 Å². The van der Waals surface area contributed by atoms with Crippen LogP contribution in [0.5, 0.6) is 0 Å². The first-order valence-corrected chi connectivity index (χ1v) is 7.89. The summed E-state index contributed by atoms with van der Waals surface area (Å²) in [5.41, 5.74) is 1.83. The van der Waals surface area contributed by atoms with Crippen molar-refractivity contribution in [2.45, 2.75) is 44.5 Å². The van der Waals surface area contributed by atoms with Crippen LogP contribution >= 0.6 is 0 Å². The average molecular weight is 271 g/mol. The maximum Gasteiger partial charge on any atom is 0.155 e. The Bertz CT molecular complexity index is 491. The molecule has 1 aromatic rings. The van der Waals surface area contributed by atoms with Gasteiger partial charge in [0, 0.05) is 24.6 Å². The first kappa shape index (κ1) is 15.1. The highest BCUT2D eigenvalue weighted by molar-refractivity contribution is 7.92. The van der Waals surface area contributed by atoms with Crippen LogP contribution in [0.15, 0.2) is 18.3 Å². The van der Waals surface area contributed by atoms with Crippen LogP contribution in [0.2, 0.25) is 0 Å². The van der Waals surface area contributed by atoms with Crippen LogP contribution in [0.1, 0.15) is 32.0 Å². The second-order valence-corrected chi connectivity index (χ2v) is 7.70. The zero-order chi connectivity index (χ0) is 14.0. The van der Waals surface area contributed by atoms with Crippen molar-refractivity contribution >= 4 is 9.84 Å². The largest absolute Gasteiger partial charge is 0.391 e. The Morgan fingerprint density at radius 1 is 1.39 bits per heavy atom. The first-order valence-electron chi connectivity index (χ1n) is 6.00. The smallest absolute Gasteiger partial charge is 0.155 e. The van der Waals surface area contributed by atoms with Crippen LogP contribution in [0.4, 0.5) is 0 Å². The normalized spacial score (nSPS) is 14.5. The van der Waals surface area contributed by atoms with Crippen molar-refractivity contribution in [3.05, 3.63) is 29.6 Å². The van der Waals surface area contributed by atoms with Gasteiger partial charge in [-0.25, -0.2) is 8.42 Å². The lowest BCUT2D eigenvalue weighted by atomic mass is 10.0. The summed E-state index contributed by atoms with van der Waals surface area (Å²) in [4.78, 5) is 4.23. The number of nitrogens with zero attached hydrogens (tertiary/aromatic N) is 1. The van der Waals surface area contributed by atoms with E-state index in [9.17, 15) is 13.5 Å². The predicted octanol–water partition coefficient (Wildman–Crippen LogP) is 1.37. The zero-order valence-electron chi connectivity index (χ0n) is 11.3. The van der Waals surface area contributed by atoms with Crippen molar-refractivity contribution in [1.82, 2.24) is 4.98 Å². The average Bonchev–Trinajstić information content (AvgIpc) is 2.28. The quantitative estimate of drug-likeness (QED) is 0.878. The molecule has 4 nitrogen and oxygen atoms in total. The van der Waals surface area contributed by atoms with E-state index in [0.717, 1.165) is 18.2 Å². The molecular weight excluding hydrogens is 250 g/mol. The van der Waals surface area contributed by atoms with Gasteiger partial charge in [-0.15, -0.1) is 0 Å². The van der Waals surface area contributed by atoms with Crippen molar-refractivity contribution in [3.8, 4) is 0 Å². The molecule has 0 aliphatic rings. The van der Waals surface area contributed by atoms with Gasteiger partial charge in [0.15, 0.2) is 9.84 Å². The predicted molar refractivity (Wildman–Crippen MR) is 72.2 cm³/mol. The van der Waals surface area contributed by atoms with Crippen LogP contribution in [0, 0.1) is 0 Å². The molecule has 1 aromatic heterocycles. The highest BCUT2D eigenvalue weighted by Crippen LogP contribution is 2.22. The number of aromatic nitrogens is 1. The van der Waals surface area contributed by atoms with Gasteiger partial charge in [0.2, 0.25) is 0 Å². The molecule has 0 spiro atoms. The summed E-state index contributed by atoms with van der Waals surface area (Å²) in [6.45, 7) is 5.11. The molecule has 0 aromatic carbocycles. The van der Waals surface area contributed by atoms with E-state index in [4.69, 9.17) is 0 Å². The fraction of sp³-hybridized carbons (Fsp3) is 0.615. The van der Waals surface area contributed by atoms with E-state index >= 15 is 0 Å². The SMILES string of the molecule is CCc1ccc(CC(O)C(C)(C)S(C)(=O)=O)nc1. The molecule has 0 aliphatic carbocycles. The van der Waals surface area contributed by atoms with Gasteiger partial charge in [-0.05, 0) is 31.9 Å². The molecule has 1 N–H and O–H groups in total. The summed E-state index contributed by atoms with van der Waals surface area (Å²) < 4.78 is 22.0. The third-order valence-corrected chi connectivity index (χ3v) is 5.64. The Labute approximate surface area is 109 Å². The van der Waals surface area contributed by atoms with Gasteiger partial charge in [-0.2, -0.15) is 0 Å². The number of aliphatic hydroxyl groups is 1. The lowest BCUT2D eigenvalue weighted by molar-refractivity contribution is 0.137. The van der Waals surface area contributed by atoms with Gasteiger partial charge in [-0.3, -0.25) is 4.98 Å². The van der Waals surface area contributed by atoms with E-state index in [0.29, 0.717) is 5.69 Å². The van der Waals surface area contributed by atoms with E-state index in [1.807, 2.05) is 19.1 Å². The first-order chi connectivity index (χ1) is 8.18. The number of hydrogen-bond acceptors (Lipinski definition) is 4. The Balaban J connectivity index is 2.84. The van der Waals surface area contributed by atoms with E-state index in [2.05, 4.69) is 4.98 Å². The molecule has 0 aliphatic heterocycles. The minimum absolute atomic E-state index is 0.240. The molecule has 5 heteroatoms. The van der Waals surface area contributed by atoms with Gasteiger partial charge in [0.1, 0.15) is 0 Å². The zero-order valence-corrected chi connectivity index (χ0v) is 12.2. The molecule has 0 amide bonds. The van der Waals surface area contributed by atoms with Gasteiger partial charge in [0.05, 0.1) is 10.9 Å². The van der Waals surface area contributed by atoms with Gasteiger partial charge < -0.3 is 5.11 Å². The second kappa shape index (κ2) is 5.36. The van der Waals surface area contributed by atoms with Crippen molar-refractivity contribution < 1.29 is 13.5 Å². The Hall–Kier alpha value is -0.940. The maximum atomic E-state index is 11.6. The molecule has 102 valence electrons. The number of rotatable bonds is 5. The van der Waals surface area contributed by atoms with Crippen LogP contribution < -0.4 is 0 Å². The minimum atomic E-state index is -3.31. The second-order valence-electron chi connectivity index (χ2n) is 5.11. The molecule has 0 saturated heterocycles. The number of aryl methyl sites for hydroxylation is 1. The van der Waals surface area contributed by atoms with Crippen molar-refractivity contribution in [2.24, 2.45) is 0 Å². The van der Waals surface area contributed by atoms with Crippen molar-refractivity contribution in [3.63, 3.8) is 0 Å². The highest BCUT2D eigenvalue weighted by atomic mass is 32.2. The molecule has 1 unspecified atom stereocenters. The number of hydrogen-bond donors (Lipinski definition) is 1. The van der Waals surface area contributed by atoms with Crippen molar-refractivity contribution in [2.75, 3.05) is 6.26 Å². The van der Waals surface area contributed by atoms with E-state index in [1.54, 1.807) is 6.20 Å². The summed E-state index contributed by atoms with van der Waals surface area (Å²) >= 11 is 0. The summed E-state index contributed by atoms with van der Waals surface area (Å²) in [5, 5.41) is 10.1. The summed E-state index contributed by atoms with van der Waals surface area (Å²) in [6, 6.07) is 3.78. The fourth-order valence-electron chi connectivity index (χ4n) is 1.48. The van der Waals surface area contributed by atoms with Gasteiger partial charge in [-0.1, -0.05) is 13.0 Å². The van der Waals surface area contributed by atoms with Crippen LogP contribution in [0.3, 0.4) is 0 Å². The Morgan fingerprint density at radius 2 is 2.00 bits per heavy atom. The Morgan fingerprint density at radius 3 is 2.39 bits per heavy atom. The van der Waals surface area contributed by atoms with Crippen LogP contribution in [0.25, 0.3) is 0 Å². The third kappa shape index (κ3) is 3.29. The molecule has 18 heavy (non-hydrogen) atoms. The van der Waals surface area contributed by atoms with Crippen LogP contribution in [-0.4, -0.2) is 35.6 Å². The lowest BCUT2D eigenvalue weighted by Crippen LogP contribution is -2.44. The highest BCUT2D eigenvalue weighted by Gasteiger charge is 2.38. The summed E-state index contributed by atoms with van der Waals surface area (Å²) in [6.07, 6.45) is 3.08. The maximum absolute atomic E-state index is 11.6. The molecule has 1 heterocycles. The number of pyridine rings is 1. The summed E-state index contributed by atoms with van der Waals surface area (Å²) in [7, 11) is -3.31. The fourth-order valence-corrected chi connectivity index (χ4v) is 2.05. The molecule has 0 bridgehead atoms. The molecule has 0 fully saturated rings. The van der Waals surface area contributed by atoms with Gasteiger partial charge in [0.25, 0.3) is 0 Å². The number of sulfone groups is 1. The Kier molecular flexibility index (Phi) is 4.50. The molecule has 1 rings (SSSR count). The molecule has 0 radical (unpaired) electrons. The minimum Gasteiger partial charge on any atom is -0.391 e. The molecular formula is C13H21NO3S. The topological polar surface area (TPSA) is 67.3 Å². The summed E-state index contributed by atoms with van der Waals surface area (Å²) in [5.74, 6) is 0.